The lowest BCUT2D eigenvalue weighted by Gasteiger charge is -2.20. The van der Waals surface area contributed by atoms with Gasteiger partial charge in [-0.1, -0.05) is 54.1 Å². The number of nitrogens with one attached hydrogen (secondary N) is 2. The third kappa shape index (κ3) is 8.34. The van der Waals surface area contributed by atoms with Crippen LogP contribution in [-0.2, 0) is 17.8 Å². The van der Waals surface area contributed by atoms with E-state index in [1.165, 1.54) is 17.1 Å². The summed E-state index contributed by atoms with van der Waals surface area (Å²) in [4.78, 5) is 26.4. The molecule has 1 atom stereocenters. The summed E-state index contributed by atoms with van der Waals surface area (Å²) < 4.78 is 1.49. The molecule has 1 unspecified atom stereocenters. The molecule has 0 fully saturated rings. The highest BCUT2D eigenvalue weighted by Gasteiger charge is 2.20. The van der Waals surface area contributed by atoms with Crippen LogP contribution in [0.25, 0.3) is 22.9 Å². The summed E-state index contributed by atoms with van der Waals surface area (Å²) >= 11 is 6.25. The average Bonchev–Trinajstić information content (AvgIpc) is 3.55. The molecule has 0 saturated heterocycles. The van der Waals surface area contributed by atoms with Crippen molar-refractivity contribution in [2.75, 3.05) is 19.4 Å². The van der Waals surface area contributed by atoms with Crippen molar-refractivity contribution in [3.05, 3.63) is 119 Å². The van der Waals surface area contributed by atoms with Gasteiger partial charge in [0, 0.05) is 34.5 Å². The number of carboxylic acid groups (broad SMARTS) is 1. The summed E-state index contributed by atoms with van der Waals surface area (Å²) in [7, 11) is 3.88. The zero-order valence-electron chi connectivity index (χ0n) is 24.5. The predicted octanol–water partition coefficient (Wildman–Crippen LogP) is 5.04. The monoisotopic (exact) mass is 623 g/mol. The van der Waals surface area contributed by atoms with E-state index >= 15 is 0 Å². The topological polar surface area (TPSA) is 151 Å². The molecular formula is C32H30ClN9O3. The largest absolute Gasteiger partial charge is 0.465 e. The van der Waals surface area contributed by atoms with Gasteiger partial charge in [-0.15, -0.1) is 5.10 Å². The number of halogens is 1. The van der Waals surface area contributed by atoms with Crippen LogP contribution >= 0.6 is 11.6 Å². The summed E-state index contributed by atoms with van der Waals surface area (Å²) in [6.07, 6.45) is 3.88. The molecule has 3 aromatic carbocycles. The molecule has 12 nitrogen and oxygen atoms in total. The Bertz CT molecular complexity index is 1800. The molecule has 5 rings (SSSR count). The Morgan fingerprint density at radius 3 is 2.49 bits per heavy atom. The number of aromatic nitrogens is 6. The number of carbonyl (C=O) groups is 2. The van der Waals surface area contributed by atoms with E-state index in [1.807, 2.05) is 67.5 Å². The molecule has 0 bridgehead atoms. The lowest BCUT2D eigenvalue weighted by Crippen LogP contribution is -2.29. The van der Waals surface area contributed by atoms with Gasteiger partial charge in [-0.2, -0.15) is 14.9 Å². The summed E-state index contributed by atoms with van der Waals surface area (Å²) in [6.45, 7) is 0.527. The first-order valence-electron chi connectivity index (χ1n) is 13.9. The minimum atomic E-state index is -1.14. The molecule has 2 heterocycles. The van der Waals surface area contributed by atoms with Crippen molar-refractivity contribution in [3.8, 4) is 16.8 Å². The highest BCUT2D eigenvalue weighted by Crippen LogP contribution is 2.28. The number of hydrogen-bond acceptors (Lipinski definition) is 8. The van der Waals surface area contributed by atoms with E-state index in [0.717, 1.165) is 22.4 Å². The molecule has 0 saturated carbocycles. The van der Waals surface area contributed by atoms with Gasteiger partial charge in [0.05, 0.1) is 23.1 Å². The second-order valence-corrected chi connectivity index (χ2v) is 10.9. The fourth-order valence-electron chi connectivity index (χ4n) is 4.73. The minimum absolute atomic E-state index is 0.344. The first-order valence-corrected chi connectivity index (χ1v) is 14.3. The Hall–Kier alpha value is -5.46. The molecule has 0 aliphatic carbocycles. The van der Waals surface area contributed by atoms with E-state index in [2.05, 4.69) is 36.4 Å². The molecular weight excluding hydrogens is 594 g/mol. The second kappa shape index (κ2) is 14.3. The highest BCUT2D eigenvalue weighted by atomic mass is 35.5. The maximum Gasteiger partial charge on any atom is 0.409 e. The van der Waals surface area contributed by atoms with E-state index in [1.54, 1.807) is 36.4 Å². The number of anilines is 1. The third-order valence-electron chi connectivity index (χ3n) is 6.76. The number of rotatable bonds is 11. The number of tetrazole rings is 1. The first-order chi connectivity index (χ1) is 21.7. The standard InChI is InChI=1S/C32H30ClN9O3/c1-41(2)19-29-26(22-8-12-25(13-9-22)35-32(44)45)18-28(37-38-29)27(16-21-6-4-3-5-7-21)36-31(43)15-10-23-17-24(33)11-14-30(23)42-20-34-39-40-42/h3-15,17-18,20,27,35H,16,19H2,1-2H3,(H,36,43)(H,44,45). The van der Waals surface area contributed by atoms with Crippen molar-refractivity contribution >= 4 is 35.4 Å². The molecule has 5 aromatic rings. The second-order valence-electron chi connectivity index (χ2n) is 10.4. The van der Waals surface area contributed by atoms with E-state index in [4.69, 9.17) is 16.7 Å². The fourth-order valence-corrected chi connectivity index (χ4v) is 4.91. The Morgan fingerprint density at radius 1 is 1.02 bits per heavy atom. The lowest BCUT2D eigenvalue weighted by molar-refractivity contribution is -0.117. The van der Waals surface area contributed by atoms with Crippen LogP contribution in [0.2, 0.25) is 5.02 Å². The molecule has 2 amide bonds. The van der Waals surface area contributed by atoms with Crippen molar-refractivity contribution in [2.24, 2.45) is 0 Å². The smallest absolute Gasteiger partial charge is 0.409 e. The summed E-state index contributed by atoms with van der Waals surface area (Å²) in [5, 5.41) is 35.5. The van der Waals surface area contributed by atoms with Crippen molar-refractivity contribution in [2.45, 2.75) is 19.0 Å². The van der Waals surface area contributed by atoms with Crippen LogP contribution in [0.15, 0.2) is 91.3 Å². The van der Waals surface area contributed by atoms with Gasteiger partial charge in [0.15, 0.2) is 0 Å². The van der Waals surface area contributed by atoms with Crippen molar-refractivity contribution < 1.29 is 14.7 Å². The molecule has 0 radical (unpaired) electrons. The van der Waals surface area contributed by atoms with Crippen molar-refractivity contribution in [1.29, 1.82) is 0 Å². The van der Waals surface area contributed by atoms with Gasteiger partial charge in [-0.3, -0.25) is 10.1 Å². The summed E-state index contributed by atoms with van der Waals surface area (Å²) in [6, 6.07) is 23.5. The van der Waals surface area contributed by atoms with E-state index < -0.39 is 12.1 Å². The summed E-state index contributed by atoms with van der Waals surface area (Å²) in [5.41, 5.74) is 5.74. The number of amides is 2. The molecule has 0 aliphatic heterocycles. The molecule has 3 N–H and O–H groups in total. The van der Waals surface area contributed by atoms with Gasteiger partial charge in [0.2, 0.25) is 5.91 Å². The van der Waals surface area contributed by atoms with Crippen molar-refractivity contribution in [1.82, 2.24) is 40.6 Å². The van der Waals surface area contributed by atoms with Gasteiger partial charge in [-0.25, -0.2) is 4.79 Å². The number of benzene rings is 3. The van der Waals surface area contributed by atoms with Gasteiger partial charge in [0.1, 0.15) is 6.33 Å². The molecule has 228 valence electrons. The number of carbonyl (C=O) groups excluding carboxylic acids is 1. The third-order valence-corrected chi connectivity index (χ3v) is 6.99. The molecule has 45 heavy (non-hydrogen) atoms. The first kappa shape index (κ1) is 31.0. The van der Waals surface area contributed by atoms with Crippen LogP contribution in [0.4, 0.5) is 10.5 Å². The minimum Gasteiger partial charge on any atom is -0.465 e. The van der Waals surface area contributed by atoms with Crippen molar-refractivity contribution in [3.63, 3.8) is 0 Å². The zero-order chi connectivity index (χ0) is 31.8. The van der Waals surface area contributed by atoms with Crippen LogP contribution in [0.1, 0.15) is 28.6 Å². The average molecular weight is 624 g/mol. The van der Waals surface area contributed by atoms with Crippen LogP contribution in [0, 0.1) is 0 Å². The zero-order valence-corrected chi connectivity index (χ0v) is 25.3. The fraction of sp³-hybridized carbons (Fsp3) is 0.156. The maximum absolute atomic E-state index is 13.4. The van der Waals surface area contributed by atoms with Gasteiger partial charge >= 0.3 is 6.09 Å². The normalized spacial score (nSPS) is 11.9. The maximum atomic E-state index is 13.4. The SMILES string of the molecule is CN(C)Cc1nnc(C(Cc2ccccc2)NC(=O)C=Cc2cc(Cl)ccc2-n2cnnn2)cc1-c1ccc(NC(=O)O)cc1. The molecule has 13 heteroatoms. The van der Waals surface area contributed by atoms with Gasteiger partial charge in [0.25, 0.3) is 0 Å². The molecule has 0 aliphatic rings. The Morgan fingerprint density at radius 2 is 1.80 bits per heavy atom. The van der Waals surface area contributed by atoms with Crippen LogP contribution in [-0.4, -0.2) is 66.5 Å². The quantitative estimate of drug-likeness (QED) is 0.172. The van der Waals surface area contributed by atoms with E-state index in [-0.39, 0.29) is 5.91 Å². The summed E-state index contributed by atoms with van der Waals surface area (Å²) in [5.74, 6) is -0.344. The van der Waals surface area contributed by atoms with Crippen LogP contribution in [0.5, 0.6) is 0 Å². The molecule has 0 spiro atoms. The Kier molecular flexibility index (Phi) is 9.87. The van der Waals surface area contributed by atoms with Gasteiger partial charge in [-0.05, 0) is 84.5 Å². The van der Waals surface area contributed by atoms with Gasteiger partial charge < -0.3 is 15.3 Å². The predicted molar refractivity (Wildman–Crippen MR) is 171 cm³/mol. The number of nitrogens with zero attached hydrogens (tertiary/aromatic N) is 7. The Labute approximate surface area is 264 Å². The highest BCUT2D eigenvalue weighted by molar-refractivity contribution is 6.30. The van der Waals surface area contributed by atoms with Crippen LogP contribution < -0.4 is 10.6 Å². The lowest BCUT2D eigenvalue weighted by atomic mass is 9.98. The van der Waals surface area contributed by atoms with Crippen LogP contribution in [0.3, 0.4) is 0 Å². The molecule has 2 aromatic heterocycles. The van der Waals surface area contributed by atoms with E-state index in [9.17, 15) is 9.59 Å². The Balaban J connectivity index is 1.47. The van der Waals surface area contributed by atoms with E-state index in [0.29, 0.717) is 40.6 Å². The number of hydrogen-bond donors (Lipinski definition) is 3.